The van der Waals surface area contributed by atoms with Crippen molar-refractivity contribution in [3.05, 3.63) is 48.2 Å². The predicted molar refractivity (Wildman–Crippen MR) is 93.7 cm³/mol. The number of fused-ring (bicyclic) bond motifs is 1. The number of hydrogen-bond acceptors (Lipinski definition) is 3. The maximum Gasteiger partial charge on any atom is 0.335 e. The number of urea groups is 1. The number of carbonyl (C=O) groups is 2. The van der Waals surface area contributed by atoms with E-state index in [2.05, 4.69) is 4.98 Å². The quantitative estimate of drug-likeness (QED) is 0.933. The summed E-state index contributed by atoms with van der Waals surface area (Å²) < 4.78 is 0. The smallest absolute Gasteiger partial charge is 0.335 e. The fourth-order valence-corrected chi connectivity index (χ4v) is 3.60. The molecule has 2 fully saturated rings. The highest BCUT2D eigenvalue weighted by molar-refractivity contribution is 5.94. The topological polar surface area (TPSA) is 73.7 Å². The molecule has 0 unspecified atom stereocenters. The second kappa shape index (κ2) is 6.20. The van der Waals surface area contributed by atoms with Crippen LogP contribution in [0.4, 0.5) is 10.5 Å². The Morgan fingerprint density at radius 3 is 2.56 bits per heavy atom. The molecule has 2 saturated heterocycles. The van der Waals surface area contributed by atoms with Crippen molar-refractivity contribution >= 4 is 17.7 Å². The summed E-state index contributed by atoms with van der Waals surface area (Å²) in [6.07, 6.45) is 5.06. The number of benzene rings is 1. The van der Waals surface area contributed by atoms with Gasteiger partial charge in [0.1, 0.15) is 0 Å². The molecule has 25 heavy (non-hydrogen) atoms. The Morgan fingerprint density at radius 1 is 1.12 bits per heavy atom. The summed E-state index contributed by atoms with van der Waals surface area (Å²) in [5.41, 5.74) is 2.66. The van der Waals surface area contributed by atoms with E-state index in [0.717, 1.165) is 42.9 Å². The van der Waals surface area contributed by atoms with Gasteiger partial charge in [-0.05, 0) is 43.5 Å². The zero-order valence-corrected chi connectivity index (χ0v) is 13.8. The monoisotopic (exact) mass is 337 g/mol. The van der Waals surface area contributed by atoms with E-state index in [1.54, 1.807) is 35.4 Å². The van der Waals surface area contributed by atoms with Crippen molar-refractivity contribution in [2.45, 2.75) is 25.3 Å². The highest BCUT2D eigenvalue weighted by atomic mass is 16.4. The van der Waals surface area contributed by atoms with Crippen LogP contribution in [0, 0.1) is 0 Å². The van der Waals surface area contributed by atoms with Crippen molar-refractivity contribution in [2.75, 3.05) is 18.0 Å². The molecule has 4 rings (SSSR count). The first-order valence-corrected chi connectivity index (χ1v) is 8.51. The summed E-state index contributed by atoms with van der Waals surface area (Å²) in [4.78, 5) is 31.7. The number of aromatic nitrogens is 1. The molecule has 128 valence electrons. The second-order valence-corrected chi connectivity index (χ2v) is 6.52. The van der Waals surface area contributed by atoms with Crippen LogP contribution in [-0.4, -0.2) is 46.1 Å². The molecule has 0 radical (unpaired) electrons. The van der Waals surface area contributed by atoms with Crippen LogP contribution in [0.25, 0.3) is 11.3 Å². The van der Waals surface area contributed by atoms with Gasteiger partial charge in [0.25, 0.3) is 0 Å². The molecule has 2 aliphatic heterocycles. The fourth-order valence-electron chi connectivity index (χ4n) is 3.60. The minimum Gasteiger partial charge on any atom is -0.478 e. The lowest BCUT2D eigenvalue weighted by atomic mass is 10.0. The third-order valence-corrected chi connectivity index (χ3v) is 4.98. The van der Waals surface area contributed by atoms with Crippen LogP contribution in [-0.2, 0) is 0 Å². The zero-order valence-electron chi connectivity index (χ0n) is 13.8. The van der Waals surface area contributed by atoms with E-state index in [4.69, 9.17) is 5.11 Å². The molecular weight excluding hydrogens is 318 g/mol. The van der Waals surface area contributed by atoms with Crippen LogP contribution in [0.15, 0.2) is 42.6 Å². The first kappa shape index (κ1) is 15.6. The van der Waals surface area contributed by atoms with E-state index in [-0.39, 0.29) is 11.6 Å². The number of aromatic carboxylic acids is 1. The Morgan fingerprint density at radius 2 is 1.92 bits per heavy atom. The summed E-state index contributed by atoms with van der Waals surface area (Å²) in [5, 5.41) is 8.96. The van der Waals surface area contributed by atoms with Crippen LogP contribution in [0.5, 0.6) is 0 Å². The maximum atomic E-state index is 12.6. The largest absolute Gasteiger partial charge is 0.478 e. The van der Waals surface area contributed by atoms with Gasteiger partial charge in [0.2, 0.25) is 0 Å². The standard InChI is InChI=1S/C19H19N3O3/c23-18(24)14-6-4-13(5-7-14)17-9-8-15(11-20-17)22-12-16-3-1-2-10-21(16)19(22)25/h4-9,11,16H,1-3,10,12H2,(H,23,24)/t16-/m0/s1. The van der Waals surface area contributed by atoms with Crippen LogP contribution in [0.1, 0.15) is 29.6 Å². The van der Waals surface area contributed by atoms with Gasteiger partial charge < -0.3 is 10.0 Å². The Kier molecular flexibility index (Phi) is 3.87. The number of carboxylic acid groups (broad SMARTS) is 1. The second-order valence-electron chi connectivity index (χ2n) is 6.52. The summed E-state index contributed by atoms with van der Waals surface area (Å²) >= 11 is 0. The molecule has 1 N–H and O–H groups in total. The van der Waals surface area contributed by atoms with Gasteiger partial charge >= 0.3 is 12.0 Å². The molecule has 0 bridgehead atoms. The summed E-state index contributed by atoms with van der Waals surface area (Å²) in [6.45, 7) is 1.58. The predicted octanol–water partition coefficient (Wildman–Crippen LogP) is 3.24. The lowest BCUT2D eigenvalue weighted by molar-refractivity contribution is 0.0697. The number of pyridine rings is 1. The van der Waals surface area contributed by atoms with Crippen LogP contribution in [0.3, 0.4) is 0 Å². The van der Waals surface area contributed by atoms with Gasteiger partial charge in [0.15, 0.2) is 0 Å². The first-order chi connectivity index (χ1) is 12.1. The highest BCUT2D eigenvalue weighted by Gasteiger charge is 2.39. The molecule has 0 aliphatic carbocycles. The molecule has 1 aromatic heterocycles. The molecule has 2 aliphatic rings. The zero-order chi connectivity index (χ0) is 17.4. The lowest BCUT2D eigenvalue weighted by Crippen LogP contribution is -2.38. The van der Waals surface area contributed by atoms with Gasteiger partial charge in [-0.1, -0.05) is 12.1 Å². The van der Waals surface area contributed by atoms with Crippen molar-refractivity contribution in [1.82, 2.24) is 9.88 Å². The fraction of sp³-hybridized carbons (Fsp3) is 0.316. The first-order valence-electron chi connectivity index (χ1n) is 8.51. The molecule has 3 heterocycles. The molecule has 0 saturated carbocycles. The molecule has 2 amide bonds. The molecule has 1 aromatic carbocycles. The molecule has 2 aromatic rings. The van der Waals surface area contributed by atoms with Crippen LogP contribution >= 0.6 is 0 Å². The highest BCUT2D eigenvalue weighted by Crippen LogP contribution is 2.30. The number of piperidine rings is 1. The molecular formula is C19H19N3O3. The SMILES string of the molecule is O=C(O)c1ccc(-c2ccc(N3C[C@@H]4CCCCN4C3=O)cn2)cc1. The minimum absolute atomic E-state index is 0.0741. The Bertz CT molecular complexity index is 802. The van der Waals surface area contributed by atoms with Crippen LogP contribution < -0.4 is 4.90 Å². The number of carboxylic acids is 1. The number of nitrogens with zero attached hydrogens (tertiary/aromatic N) is 3. The van der Waals surface area contributed by atoms with Gasteiger partial charge in [-0.25, -0.2) is 9.59 Å². The number of anilines is 1. The number of hydrogen-bond donors (Lipinski definition) is 1. The van der Waals surface area contributed by atoms with E-state index in [1.165, 1.54) is 6.42 Å². The number of amides is 2. The van der Waals surface area contributed by atoms with Gasteiger partial charge in [0.05, 0.1) is 29.2 Å². The van der Waals surface area contributed by atoms with Gasteiger partial charge in [0, 0.05) is 18.7 Å². The van der Waals surface area contributed by atoms with E-state index >= 15 is 0 Å². The van der Waals surface area contributed by atoms with E-state index in [1.807, 2.05) is 17.0 Å². The minimum atomic E-state index is -0.945. The summed E-state index contributed by atoms with van der Waals surface area (Å²) in [5.74, 6) is -0.945. The Labute approximate surface area is 145 Å². The van der Waals surface area contributed by atoms with E-state index < -0.39 is 5.97 Å². The van der Waals surface area contributed by atoms with Crippen molar-refractivity contribution < 1.29 is 14.7 Å². The Balaban J connectivity index is 1.54. The van der Waals surface area contributed by atoms with Crippen molar-refractivity contribution in [1.29, 1.82) is 0 Å². The van der Waals surface area contributed by atoms with Crippen molar-refractivity contribution in [3.8, 4) is 11.3 Å². The molecule has 1 atom stereocenters. The summed E-state index contributed by atoms with van der Waals surface area (Å²) in [6, 6.07) is 10.8. The van der Waals surface area contributed by atoms with E-state index in [9.17, 15) is 9.59 Å². The third kappa shape index (κ3) is 2.84. The normalized spacial score (nSPS) is 19.8. The third-order valence-electron chi connectivity index (χ3n) is 4.98. The van der Waals surface area contributed by atoms with Gasteiger partial charge in [-0.3, -0.25) is 9.88 Å². The Hall–Kier alpha value is -2.89. The number of carbonyl (C=O) groups excluding carboxylic acids is 1. The summed E-state index contributed by atoms with van der Waals surface area (Å²) in [7, 11) is 0. The van der Waals surface area contributed by atoms with Crippen molar-refractivity contribution in [2.24, 2.45) is 0 Å². The van der Waals surface area contributed by atoms with Crippen molar-refractivity contribution in [3.63, 3.8) is 0 Å². The molecule has 0 spiro atoms. The molecule has 6 heteroatoms. The van der Waals surface area contributed by atoms with Crippen LogP contribution in [0.2, 0.25) is 0 Å². The number of rotatable bonds is 3. The average Bonchev–Trinajstić information content (AvgIpc) is 2.99. The lowest BCUT2D eigenvalue weighted by Gasteiger charge is -2.27. The molecule has 6 nitrogen and oxygen atoms in total. The van der Waals surface area contributed by atoms with E-state index in [0.29, 0.717) is 6.04 Å². The van der Waals surface area contributed by atoms with Gasteiger partial charge in [-0.15, -0.1) is 0 Å². The average molecular weight is 337 g/mol. The maximum absolute atomic E-state index is 12.6. The van der Waals surface area contributed by atoms with Gasteiger partial charge in [-0.2, -0.15) is 0 Å².